The predicted octanol–water partition coefficient (Wildman–Crippen LogP) is 4.82. The summed E-state index contributed by atoms with van der Waals surface area (Å²) in [5.41, 5.74) is 5.51. The van der Waals surface area contributed by atoms with E-state index in [-0.39, 0.29) is 16.5 Å². The number of amides is 1. The highest BCUT2D eigenvalue weighted by Gasteiger charge is 2.26. The number of carbonyl (C=O) groups is 1. The van der Waals surface area contributed by atoms with Gasteiger partial charge in [0.2, 0.25) is 0 Å². The van der Waals surface area contributed by atoms with E-state index in [2.05, 4.69) is 48.0 Å². The molecule has 4 rings (SSSR count). The number of aryl methyl sites for hydroxylation is 3. The summed E-state index contributed by atoms with van der Waals surface area (Å²) in [7, 11) is 0. The summed E-state index contributed by atoms with van der Waals surface area (Å²) in [5.74, 6) is -0.210. The van der Waals surface area contributed by atoms with Gasteiger partial charge in [0, 0.05) is 31.7 Å². The zero-order valence-corrected chi connectivity index (χ0v) is 18.6. The van der Waals surface area contributed by atoms with Gasteiger partial charge in [0.05, 0.1) is 16.3 Å². The first-order valence-electron chi connectivity index (χ1n) is 10.3. The number of hydrogen-bond acceptors (Lipinski definition) is 4. The number of benzene rings is 2. The Morgan fingerprint density at radius 3 is 2.29 bits per heavy atom. The lowest BCUT2D eigenvalue weighted by molar-refractivity contribution is 0.0742. The first-order valence-corrected chi connectivity index (χ1v) is 10.6. The van der Waals surface area contributed by atoms with Crippen molar-refractivity contribution in [2.24, 2.45) is 0 Å². The van der Waals surface area contributed by atoms with Crippen LogP contribution in [0.25, 0.3) is 11.3 Å². The number of anilines is 1. The Labute approximate surface area is 186 Å². The lowest BCUT2D eigenvalue weighted by atomic mass is 9.99. The lowest BCUT2D eigenvalue weighted by Crippen LogP contribution is -2.49. The van der Waals surface area contributed by atoms with Crippen molar-refractivity contribution in [2.75, 3.05) is 31.1 Å². The molecule has 0 radical (unpaired) electrons. The van der Waals surface area contributed by atoms with Gasteiger partial charge in [0.25, 0.3) is 5.91 Å². The number of piperazine rings is 1. The van der Waals surface area contributed by atoms with E-state index < -0.39 is 5.82 Å². The molecule has 0 spiro atoms. The highest BCUT2D eigenvalue weighted by molar-refractivity contribution is 6.33. The summed E-state index contributed by atoms with van der Waals surface area (Å²) < 4.78 is 14.1. The van der Waals surface area contributed by atoms with Gasteiger partial charge in [-0.1, -0.05) is 23.7 Å². The predicted molar refractivity (Wildman–Crippen MR) is 121 cm³/mol. The van der Waals surface area contributed by atoms with Gasteiger partial charge in [-0.15, -0.1) is 10.2 Å². The molecule has 0 aliphatic carbocycles. The fourth-order valence-electron chi connectivity index (χ4n) is 3.87. The second-order valence-corrected chi connectivity index (χ2v) is 8.31. The molecule has 0 N–H and O–H groups in total. The highest BCUT2D eigenvalue weighted by Crippen LogP contribution is 2.26. The number of carbonyl (C=O) groups excluding carboxylic acids is 1. The molecule has 0 atom stereocenters. The second kappa shape index (κ2) is 8.63. The zero-order chi connectivity index (χ0) is 22.1. The topological polar surface area (TPSA) is 49.3 Å². The molecule has 1 fully saturated rings. The average Bonchev–Trinajstić information content (AvgIpc) is 2.76. The van der Waals surface area contributed by atoms with Crippen LogP contribution in [0, 0.1) is 26.6 Å². The minimum atomic E-state index is -0.594. The van der Waals surface area contributed by atoms with E-state index in [1.807, 2.05) is 12.1 Å². The second-order valence-electron chi connectivity index (χ2n) is 7.90. The highest BCUT2D eigenvalue weighted by atomic mass is 35.5. The van der Waals surface area contributed by atoms with Crippen molar-refractivity contribution >= 4 is 23.3 Å². The van der Waals surface area contributed by atoms with E-state index in [1.54, 1.807) is 4.90 Å². The van der Waals surface area contributed by atoms with Gasteiger partial charge >= 0.3 is 0 Å². The van der Waals surface area contributed by atoms with Crippen LogP contribution in [0.15, 0.2) is 42.5 Å². The molecule has 2 heterocycles. The molecule has 7 heteroatoms. The third-order valence-corrected chi connectivity index (χ3v) is 6.15. The first-order chi connectivity index (χ1) is 14.8. The standard InChI is InChI=1S/C24H24ClFN4O/c1-15-13-17(3)18(14-16(15)2)21-7-8-22(28-27-21)29-9-11-30(12-10-29)24(31)23-19(25)5-4-6-20(23)26/h4-8,13-14H,9-12H2,1-3H3. The van der Waals surface area contributed by atoms with Crippen molar-refractivity contribution in [3.63, 3.8) is 0 Å². The van der Waals surface area contributed by atoms with Crippen molar-refractivity contribution in [2.45, 2.75) is 20.8 Å². The number of rotatable bonds is 3. The van der Waals surface area contributed by atoms with Crippen LogP contribution in [0.5, 0.6) is 0 Å². The molecular weight excluding hydrogens is 415 g/mol. The molecule has 1 amide bonds. The average molecular weight is 439 g/mol. The Balaban J connectivity index is 1.45. The Kier molecular flexibility index (Phi) is 5.92. The van der Waals surface area contributed by atoms with Gasteiger partial charge in [-0.3, -0.25) is 4.79 Å². The summed E-state index contributed by atoms with van der Waals surface area (Å²) in [5, 5.41) is 9.00. The number of hydrogen-bond donors (Lipinski definition) is 0. The first kappa shape index (κ1) is 21.2. The van der Waals surface area contributed by atoms with Gasteiger partial charge in [-0.25, -0.2) is 4.39 Å². The maximum atomic E-state index is 14.1. The molecular formula is C24H24ClFN4O. The Morgan fingerprint density at radius 1 is 0.935 bits per heavy atom. The maximum absolute atomic E-state index is 14.1. The summed E-state index contributed by atoms with van der Waals surface area (Å²) >= 11 is 6.05. The lowest BCUT2D eigenvalue weighted by Gasteiger charge is -2.35. The van der Waals surface area contributed by atoms with Crippen molar-refractivity contribution in [3.8, 4) is 11.3 Å². The molecule has 2 aromatic carbocycles. The van der Waals surface area contributed by atoms with Crippen LogP contribution < -0.4 is 4.90 Å². The minimum absolute atomic E-state index is 0.0643. The van der Waals surface area contributed by atoms with Crippen molar-refractivity contribution in [1.29, 1.82) is 0 Å². The van der Waals surface area contributed by atoms with E-state index in [0.29, 0.717) is 26.2 Å². The Morgan fingerprint density at radius 2 is 1.65 bits per heavy atom. The Bertz CT molecular complexity index is 1100. The minimum Gasteiger partial charge on any atom is -0.352 e. The van der Waals surface area contributed by atoms with E-state index in [4.69, 9.17) is 11.6 Å². The third-order valence-electron chi connectivity index (χ3n) is 5.83. The van der Waals surface area contributed by atoms with Crippen LogP contribution in [-0.4, -0.2) is 47.2 Å². The zero-order valence-electron chi connectivity index (χ0n) is 17.8. The number of aromatic nitrogens is 2. The smallest absolute Gasteiger partial charge is 0.258 e. The normalized spacial score (nSPS) is 14.1. The van der Waals surface area contributed by atoms with Crippen molar-refractivity contribution < 1.29 is 9.18 Å². The van der Waals surface area contributed by atoms with Crippen LogP contribution in [0.2, 0.25) is 5.02 Å². The van der Waals surface area contributed by atoms with Gasteiger partial charge < -0.3 is 9.80 Å². The van der Waals surface area contributed by atoms with E-state index in [1.165, 1.54) is 34.9 Å². The molecule has 1 aliphatic heterocycles. The molecule has 0 bridgehead atoms. The van der Waals surface area contributed by atoms with Gasteiger partial charge in [-0.05, 0) is 67.8 Å². The number of nitrogens with zero attached hydrogens (tertiary/aromatic N) is 4. The molecule has 1 aromatic heterocycles. The maximum Gasteiger partial charge on any atom is 0.258 e. The van der Waals surface area contributed by atoms with Crippen LogP contribution in [-0.2, 0) is 0 Å². The van der Waals surface area contributed by atoms with E-state index in [9.17, 15) is 9.18 Å². The molecule has 0 unspecified atom stereocenters. The fraction of sp³-hybridized carbons (Fsp3) is 0.292. The molecule has 1 saturated heterocycles. The largest absolute Gasteiger partial charge is 0.352 e. The monoisotopic (exact) mass is 438 g/mol. The van der Waals surface area contributed by atoms with Crippen molar-refractivity contribution in [3.05, 3.63) is 75.6 Å². The van der Waals surface area contributed by atoms with Crippen molar-refractivity contribution in [1.82, 2.24) is 15.1 Å². The SMILES string of the molecule is Cc1cc(C)c(-c2ccc(N3CCN(C(=O)c4c(F)cccc4Cl)CC3)nn2)cc1C. The van der Waals surface area contributed by atoms with Gasteiger partial charge in [0.1, 0.15) is 5.82 Å². The van der Waals surface area contributed by atoms with Gasteiger partial charge in [-0.2, -0.15) is 0 Å². The van der Waals surface area contributed by atoms with Crippen LogP contribution in [0.1, 0.15) is 27.0 Å². The van der Waals surface area contributed by atoms with Crippen LogP contribution in [0.4, 0.5) is 10.2 Å². The molecule has 31 heavy (non-hydrogen) atoms. The van der Waals surface area contributed by atoms with Gasteiger partial charge in [0.15, 0.2) is 5.82 Å². The molecule has 1 aliphatic rings. The quantitative estimate of drug-likeness (QED) is 0.588. The summed E-state index contributed by atoms with van der Waals surface area (Å²) in [4.78, 5) is 16.4. The summed E-state index contributed by atoms with van der Waals surface area (Å²) in [6, 6.07) is 12.5. The molecule has 5 nitrogen and oxygen atoms in total. The van der Waals surface area contributed by atoms with E-state index in [0.717, 1.165) is 17.1 Å². The third kappa shape index (κ3) is 4.26. The molecule has 160 valence electrons. The van der Waals surface area contributed by atoms with E-state index >= 15 is 0 Å². The molecule has 0 saturated carbocycles. The summed E-state index contributed by atoms with van der Waals surface area (Å²) in [6.07, 6.45) is 0. The fourth-order valence-corrected chi connectivity index (χ4v) is 4.12. The van der Waals surface area contributed by atoms with Crippen LogP contribution >= 0.6 is 11.6 Å². The molecule has 3 aromatic rings. The van der Waals surface area contributed by atoms with Crippen LogP contribution in [0.3, 0.4) is 0 Å². The Hall–Kier alpha value is -2.99. The number of halogens is 2. The summed E-state index contributed by atoms with van der Waals surface area (Å²) in [6.45, 7) is 8.38.